The summed E-state index contributed by atoms with van der Waals surface area (Å²) < 4.78 is 5.23. The van der Waals surface area contributed by atoms with E-state index in [-0.39, 0.29) is 17.4 Å². The fourth-order valence-electron chi connectivity index (χ4n) is 1.77. The molecule has 2 aromatic carbocycles. The van der Waals surface area contributed by atoms with E-state index in [1.165, 1.54) is 24.3 Å². The second-order valence-corrected chi connectivity index (χ2v) is 5.14. The van der Waals surface area contributed by atoms with Gasteiger partial charge in [0.1, 0.15) is 5.75 Å². The van der Waals surface area contributed by atoms with E-state index in [0.29, 0.717) is 17.0 Å². The van der Waals surface area contributed by atoms with Crippen LogP contribution in [0.3, 0.4) is 0 Å². The topological polar surface area (TPSA) is 117 Å². The largest absolute Gasteiger partial charge is 0.484 e. The van der Waals surface area contributed by atoms with Crippen LogP contribution in [0.2, 0.25) is 0 Å². The smallest absolute Gasteiger partial charge is 0.269 e. The Morgan fingerprint density at radius 3 is 2.40 bits per heavy atom. The number of nitro benzene ring substituents is 1. The van der Waals surface area contributed by atoms with Crippen LogP contribution in [0.25, 0.3) is 0 Å². The molecular weight excluding hydrogens is 344 g/mol. The average Bonchev–Trinajstić information content (AvgIpc) is 2.61. The normalized spacial score (nSPS) is 9.56. The number of rotatable bonds is 5. The number of nitrogens with zero attached hydrogens (tertiary/aromatic N) is 2. The van der Waals surface area contributed by atoms with Crippen molar-refractivity contribution >= 4 is 34.6 Å². The highest BCUT2D eigenvalue weighted by molar-refractivity contribution is 7.80. The van der Waals surface area contributed by atoms with Crippen LogP contribution in [0.15, 0.2) is 48.5 Å². The number of ether oxygens (including phenoxy) is 1. The molecule has 0 heterocycles. The molecule has 2 N–H and O–H groups in total. The van der Waals surface area contributed by atoms with Gasteiger partial charge in [0, 0.05) is 17.8 Å². The molecule has 0 unspecified atom stereocenters. The van der Waals surface area contributed by atoms with Crippen LogP contribution in [-0.2, 0) is 4.79 Å². The molecule has 2 rings (SSSR count). The molecule has 25 heavy (non-hydrogen) atoms. The quantitative estimate of drug-likeness (QED) is 0.480. The monoisotopic (exact) mass is 356 g/mol. The highest BCUT2D eigenvalue weighted by atomic mass is 32.1. The minimum absolute atomic E-state index is 0.0652. The molecule has 0 aliphatic heterocycles. The highest BCUT2D eigenvalue weighted by Gasteiger charge is 2.08. The molecule has 0 spiro atoms. The number of nitro groups is 1. The fourth-order valence-corrected chi connectivity index (χ4v) is 2.00. The maximum absolute atomic E-state index is 11.8. The van der Waals surface area contributed by atoms with Gasteiger partial charge < -0.3 is 10.1 Å². The molecule has 0 fully saturated rings. The first-order valence-electron chi connectivity index (χ1n) is 6.96. The number of amides is 1. The molecule has 0 saturated carbocycles. The Labute approximate surface area is 148 Å². The van der Waals surface area contributed by atoms with E-state index in [0.717, 1.165) is 0 Å². The van der Waals surface area contributed by atoms with Gasteiger partial charge in [-0.05, 0) is 48.6 Å². The van der Waals surface area contributed by atoms with Crippen molar-refractivity contribution in [1.29, 1.82) is 5.26 Å². The first-order valence-corrected chi connectivity index (χ1v) is 7.37. The van der Waals surface area contributed by atoms with Crippen LogP contribution in [-0.4, -0.2) is 22.5 Å². The molecule has 8 nitrogen and oxygen atoms in total. The molecule has 0 aromatic heterocycles. The molecule has 126 valence electrons. The molecule has 0 aliphatic rings. The van der Waals surface area contributed by atoms with Crippen molar-refractivity contribution in [2.45, 2.75) is 0 Å². The lowest BCUT2D eigenvalue weighted by Crippen LogP contribution is -2.37. The SMILES string of the molecule is N#Cc1ccc(NC(=S)NC(=O)COc2ccc([N+](=O)[O-])cc2)cc1. The summed E-state index contributed by atoms with van der Waals surface area (Å²) in [6.07, 6.45) is 0. The summed E-state index contributed by atoms with van der Waals surface area (Å²) in [7, 11) is 0. The zero-order valence-electron chi connectivity index (χ0n) is 12.8. The van der Waals surface area contributed by atoms with Gasteiger partial charge in [0.05, 0.1) is 16.6 Å². The van der Waals surface area contributed by atoms with Crippen LogP contribution in [0.5, 0.6) is 5.75 Å². The third-order valence-electron chi connectivity index (χ3n) is 2.94. The lowest BCUT2D eigenvalue weighted by atomic mass is 10.2. The summed E-state index contributed by atoms with van der Waals surface area (Å²) >= 11 is 5.01. The zero-order valence-corrected chi connectivity index (χ0v) is 13.6. The number of carbonyl (C=O) groups is 1. The maximum Gasteiger partial charge on any atom is 0.269 e. The van der Waals surface area contributed by atoms with E-state index in [2.05, 4.69) is 10.6 Å². The number of hydrogen-bond acceptors (Lipinski definition) is 6. The number of non-ortho nitro benzene ring substituents is 1. The van der Waals surface area contributed by atoms with Crippen LogP contribution in [0, 0.1) is 21.4 Å². The van der Waals surface area contributed by atoms with E-state index < -0.39 is 10.8 Å². The van der Waals surface area contributed by atoms with E-state index in [9.17, 15) is 14.9 Å². The Balaban J connectivity index is 1.79. The number of nitriles is 1. The first-order chi connectivity index (χ1) is 12.0. The second-order valence-electron chi connectivity index (χ2n) is 4.73. The van der Waals surface area contributed by atoms with Crippen molar-refractivity contribution in [3.63, 3.8) is 0 Å². The van der Waals surface area contributed by atoms with Crippen molar-refractivity contribution in [3.8, 4) is 11.8 Å². The Morgan fingerprint density at radius 1 is 1.20 bits per heavy atom. The third kappa shape index (κ3) is 5.56. The van der Waals surface area contributed by atoms with Crippen molar-refractivity contribution in [2.24, 2.45) is 0 Å². The second kappa shape index (κ2) is 8.37. The van der Waals surface area contributed by atoms with E-state index in [4.69, 9.17) is 22.2 Å². The molecule has 0 radical (unpaired) electrons. The molecule has 0 bridgehead atoms. The van der Waals surface area contributed by atoms with Crippen LogP contribution in [0.4, 0.5) is 11.4 Å². The number of carbonyl (C=O) groups excluding carboxylic acids is 1. The summed E-state index contributed by atoms with van der Waals surface area (Å²) in [5.74, 6) is -0.156. The van der Waals surface area contributed by atoms with Crippen LogP contribution >= 0.6 is 12.2 Å². The van der Waals surface area contributed by atoms with Gasteiger partial charge in [-0.2, -0.15) is 5.26 Å². The summed E-state index contributed by atoms with van der Waals surface area (Å²) in [6, 6.07) is 13.9. The van der Waals surface area contributed by atoms with Crippen LogP contribution in [0.1, 0.15) is 5.56 Å². The fraction of sp³-hybridized carbons (Fsp3) is 0.0625. The number of anilines is 1. The standard InChI is InChI=1S/C16H12N4O4S/c17-9-11-1-3-12(4-2-11)18-16(25)19-15(21)10-24-14-7-5-13(6-8-14)20(22)23/h1-8H,10H2,(H2,18,19,21,25). The highest BCUT2D eigenvalue weighted by Crippen LogP contribution is 2.17. The van der Waals surface area contributed by atoms with Crippen molar-refractivity contribution in [1.82, 2.24) is 5.32 Å². The predicted octanol–water partition coefficient (Wildman–Crippen LogP) is 2.36. The zero-order chi connectivity index (χ0) is 18.2. The minimum Gasteiger partial charge on any atom is -0.484 e. The minimum atomic E-state index is -0.524. The summed E-state index contributed by atoms with van der Waals surface area (Å²) in [4.78, 5) is 21.8. The van der Waals surface area contributed by atoms with Crippen molar-refractivity contribution in [3.05, 3.63) is 64.2 Å². The molecule has 0 aliphatic carbocycles. The van der Waals surface area contributed by atoms with Gasteiger partial charge in [-0.1, -0.05) is 0 Å². The number of nitrogens with one attached hydrogen (secondary N) is 2. The molecule has 9 heteroatoms. The summed E-state index contributed by atoms with van der Waals surface area (Å²) in [5, 5.41) is 24.6. The lowest BCUT2D eigenvalue weighted by molar-refractivity contribution is -0.384. The van der Waals surface area contributed by atoms with Gasteiger partial charge >= 0.3 is 0 Å². The Bertz CT molecular complexity index is 829. The Kier molecular flexibility index (Phi) is 5.97. The number of thiocarbonyl (C=S) groups is 1. The van der Waals surface area contributed by atoms with Gasteiger partial charge in [-0.25, -0.2) is 0 Å². The average molecular weight is 356 g/mol. The van der Waals surface area contributed by atoms with Gasteiger partial charge in [-0.3, -0.25) is 20.2 Å². The van der Waals surface area contributed by atoms with E-state index in [1.54, 1.807) is 24.3 Å². The number of hydrogen-bond donors (Lipinski definition) is 2. The number of benzene rings is 2. The lowest BCUT2D eigenvalue weighted by Gasteiger charge is -2.10. The molecule has 0 atom stereocenters. The van der Waals surface area contributed by atoms with E-state index >= 15 is 0 Å². The Morgan fingerprint density at radius 2 is 1.84 bits per heavy atom. The molecule has 1 amide bonds. The molecular formula is C16H12N4O4S. The third-order valence-corrected chi connectivity index (χ3v) is 3.15. The van der Waals surface area contributed by atoms with Crippen molar-refractivity contribution in [2.75, 3.05) is 11.9 Å². The molecule has 0 saturated heterocycles. The van der Waals surface area contributed by atoms with Crippen molar-refractivity contribution < 1.29 is 14.5 Å². The van der Waals surface area contributed by atoms with E-state index in [1.807, 2.05) is 6.07 Å². The van der Waals surface area contributed by atoms with Crippen LogP contribution < -0.4 is 15.4 Å². The summed E-state index contributed by atoms with van der Waals surface area (Å²) in [6.45, 7) is -0.299. The maximum atomic E-state index is 11.8. The predicted molar refractivity (Wildman–Crippen MR) is 94.1 cm³/mol. The summed E-state index contributed by atoms with van der Waals surface area (Å²) in [5.41, 5.74) is 1.07. The van der Waals surface area contributed by atoms with Gasteiger partial charge in [0.2, 0.25) is 0 Å². The Hall–Kier alpha value is -3.51. The van der Waals surface area contributed by atoms with Gasteiger partial charge in [0.15, 0.2) is 11.7 Å². The molecule has 2 aromatic rings. The van der Waals surface area contributed by atoms with Gasteiger partial charge in [-0.15, -0.1) is 0 Å². The first kappa shape index (κ1) is 17.8. The van der Waals surface area contributed by atoms with Gasteiger partial charge in [0.25, 0.3) is 11.6 Å².